The maximum Gasteiger partial charge on any atom is 0.209 e. The first-order valence-electron chi connectivity index (χ1n) is 11.7. The van der Waals surface area contributed by atoms with Gasteiger partial charge in [-0.3, -0.25) is 0 Å². The molecule has 0 saturated heterocycles. The number of alkyl halides is 2. The first-order chi connectivity index (χ1) is 16.6. The fourth-order valence-electron chi connectivity index (χ4n) is 3.93. The quantitative estimate of drug-likeness (QED) is 0.233. The second-order valence-electron chi connectivity index (χ2n) is 8.24. The van der Waals surface area contributed by atoms with Crippen LogP contribution in [0.25, 0.3) is 0 Å². The first kappa shape index (κ1) is 25.7. The highest BCUT2D eigenvalue weighted by Crippen LogP contribution is 2.13. The summed E-state index contributed by atoms with van der Waals surface area (Å²) in [5.41, 5.74) is 4.51. The average molecular weight is 479 g/mol. The molecule has 1 unspecified atom stereocenters. The van der Waals surface area contributed by atoms with Crippen LogP contribution in [0.3, 0.4) is 0 Å². The summed E-state index contributed by atoms with van der Waals surface area (Å²) in [7, 11) is 0. The topological polar surface area (TPSA) is 28.7 Å². The molecule has 0 amide bonds. The maximum absolute atomic E-state index is 13.2. The summed E-state index contributed by atoms with van der Waals surface area (Å²) in [4.78, 5) is 7.13. The monoisotopic (exact) mass is 478 g/mol. The summed E-state index contributed by atoms with van der Waals surface area (Å²) in [6, 6.07) is 25.8. The Hall–Kier alpha value is -2.92. The molecule has 1 heterocycles. The van der Waals surface area contributed by atoms with E-state index in [1.165, 1.54) is 10.9 Å². The Balaban J connectivity index is 0.000000196. The van der Waals surface area contributed by atoms with E-state index >= 15 is 0 Å². The Morgan fingerprint density at radius 3 is 2.09 bits per heavy atom. The lowest BCUT2D eigenvalue weighted by Crippen LogP contribution is -2.42. The van der Waals surface area contributed by atoms with Gasteiger partial charge >= 0.3 is 0 Å². The Morgan fingerprint density at radius 1 is 0.941 bits per heavy atom. The number of halogens is 3. The van der Waals surface area contributed by atoms with Crippen molar-refractivity contribution >= 4 is 29.2 Å². The SMILES string of the molecule is CCc1cc(F)cc(Cc2ncc[nH]2)c1.FCC(Cl)CCB(c1ccccc1)c1ccccc1. The smallest absolute Gasteiger partial charge is 0.209 e. The van der Waals surface area contributed by atoms with E-state index in [0.29, 0.717) is 12.8 Å². The maximum atomic E-state index is 13.2. The molecule has 4 rings (SSSR count). The van der Waals surface area contributed by atoms with Crippen LogP contribution in [0.15, 0.2) is 91.3 Å². The van der Waals surface area contributed by atoms with Crippen molar-refractivity contribution < 1.29 is 8.78 Å². The summed E-state index contributed by atoms with van der Waals surface area (Å²) < 4.78 is 25.7. The third kappa shape index (κ3) is 8.14. The lowest BCUT2D eigenvalue weighted by Gasteiger charge is -2.15. The molecule has 1 atom stereocenters. The molecule has 3 aromatic carbocycles. The normalized spacial score (nSPS) is 11.4. The molecular weight excluding hydrogens is 449 g/mol. The molecule has 1 aromatic heterocycles. The number of aryl methyl sites for hydroxylation is 1. The number of H-pyrrole nitrogens is 1. The molecule has 0 aliphatic carbocycles. The Labute approximate surface area is 206 Å². The molecule has 0 bridgehead atoms. The highest BCUT2D eigenvalue weighted by molar-refractivity contribution is 6.85. The van der Waals surface area contributed by atoms with Gasteiger partial charge in [-0.15, -0.1) is 11.6 Å². The van der Waals surface area contributed by atoms with Crippen LogP contribution in [-0.2, 0) is 12.8 Å². The number of nitrogens with zero attached hydrogens (tertiary/aromatic N) is 1. The van der Waals surface area contributed by atoms with E-state index in [1.54, 1.807) is 24.5 Å². The molecule has 0 saturated carbocycles. The predicted octanol–water partition coefficient (Wildman–Crippen LogP) is 5.96. The fourth-order valence-corrected chi connectivity index (χ4v) is 4.06. The fraction of sp³-hybridized carbons (Fsp3) is 0.250. The van der Waals surface area contributed by atoms with Crippen LogP contribution in [0.5, 0.6) is 0 Å². The van der Waals surface area contributed by atoms with Crippen molar-refractivity contribution in [3.8, 4) is 0 Å². The van der Waals surface area contributed by atoms with Crippen molar-refractivity contribution in [3.63, 3.8) is 0 Å². The van der Waals surface area contributed by atoms with Crippen molar-refractivity contribution in [2.24, 2.45) is 0 Å². The van der Waals surface area contributed by atoms with Crippen LogP contribution < -0.4 is 10.9 Å². The number of benzene rings is 3. The van der Waals surface area contributed by atoms with Crippen molar-refractivity contribution in [1.82, 2.24) is 9.97 Å². The zero-order valence-electron chi connectivity index (χ0n) is 19.4. The van der Waals surface area contributed by atoms with Crippen LogP contribution in [0, 0.1) is 5.82 Å². The van der Waals surface area contributed by atoms with Gasteiger partial charge < -0.3 is 4.98 Å². The van der Waals surface area contributed by atoms with E-state index in [-0.39, 0.29) is 17.9 Å². The summed E-state index contributed by atoms with van der Waals surface area (Å²) in [5.74, 6) is 0.693. The largest absolute Gasteiger partial charge is 0.348 e. The van der Waals surface area contributed by atoms with Crippen molar-refractivity contribution in [1.29, 1.82) is 0 Å². The third-order valence-corrected chi connectivity index (χ3v) is 6.03. The van der Waals surface area contributed by atoms with E-state index in [2.05, 4.69) is 34.2 Å². The molecule has 176 valence electrons. The lowest BCUT2D eigenvalue weighted by molar-refractivity contribution is 0.474. The zero-order valence-corrected chi connectivity index (χ0v) is 20.2. The molecule has 34 heavy (non-hydrogen) atoms. The number of nitrogens with one attached hydrogen (secondary N) is 1. The van der Waals surface area contributed by atoms with Crippen molar-refractivity contribution in [2.45, 2.75) is 37.9 Å². The Morgan fingerprint density at radius 2 is 1.56 bits per heavy atom. The number of hydrogen-bond donors (Lipinski definition) is 1. The second kappa shape index (κ2) is 13.7. The summed E-state index contributed by atoms with van der Waals surface area (Å²) >= 11 is 5.91. The molecule has 0 fully saturated rings. The third-order valence-electron chi connectivity index (χ3n) is 5.69. The van der Waals surface area contributed by atoms with Gasteiger partial charge in [0.1, 0.15) is 18.3 Å². The highest BCUT2D eigenvalue weighted by atomic mass is 35.5. The molecule has 0 aliphatic heterocycles. The molecule has 4 aromatic rings. The number of rotatable bonds is 9. The van der Waals surface area contributed by atoms with Crippen LogP contribution >= 0.6 is 11.6 Å². The molecular formula is C28H30BClF2N2. The number of hydrogen-bond acceptors (Lipinski definition) is 1. The van der Waals surface area contributed by atoms with Crippen LogP contribution in [0.1, 0.15) is 30.3 Å². The van der Waals surface area contributed by atoms with Crippen molar-refractivity contribution in [3.05, 3.63) is 114 Å². The predicted molar refractivity (Wildman–Crippen MR) is 140 cm³/mol. The van der Waals surface area contributed by atoms with Gasteiger partial charge in [-0.25, -0.2) is 13.8 Å². The van der Waals surface area contributed by atoms with Crippen LogP contribution in [0.4, 0.5) is 8.78 Å². The number of imidazole rings is 1. The van der Waals surface area contributed by atoms with E-state index < -0.39 is 6.67 Å². The zero-order chi connectivity index (χ0) is 24.2. The Kier molecular flexibility index (Phi) is 10.4. The summed E-state index contributed by atoms with van der Waals surface area (Å²) in [6.07, 6.45) is 6.53. The highest BCUT2D eigenvalue weighted by Gasteiger charge is 2.19. The first-order valence-corrected chi connectivity index (χ1v) is 12.1. The minimum absolute atomic E-state index is 0.170. The van der Waals surface area contributed by atoms with Crippen LogP contribution in [-0.4, -0.2) is 28.7 Å². The van der Waals surface area contributed by atoms with E-state index in [0.717, 1.165) is 29.7 Å². The van der Waals surface area contributed by atoms with E-state index in [9.17, 15) is 8.78 Å². The van der Waals surface area contributed by atoms with E-state index in [4.69, 9.17) is 11.6 Å². The van der Waals surface area contributed by atoms with Gasteiger partial charge in [0, 0.05) is 18.8 Å². The summed E-state index contributed by atoms with van der Waals surface area (Å²) in [6.45, 7) is 1.85. The molecule has 0 aliphatic rings. The standard InChI is InChI=1S/C16H17BClF.C12H13FN2/c18-16(13-19)11-12-17(14-7-3-1-4-8-14)15-9-5-2-6-10-15;1-2-9-5-10(7-11(13)6-9)8-12-14-3-4-15-12/h1-10,16H,11-13H2;3-7H,2,8H2,1H3,(H,14,15). The molecule has 6 heteroatoms. The number of aromatic nitrogens is 2. The molecule has 0 spiro atoms. The van der Waals surface area contributed by atoms with Gasteiger partial charge in [-0.1, -0.05) is 90.9 Å². The Bertz CT molecular complexity index is 1050. The van der Waals surface area contributed by atoms with Crippen LogP contribution in [0.2, 0.25) is 6.32 Å². The average Bonchev–Trinajstić information content (AvgIpc) is 3.38. The van der Waals surface area contributed by atoms with Gasteiger partial charge in [0.2, 0.25) is 6.71 Å². The minimum Gasteiger partial charge on any atom is -0.348 e. The molecule has 1 N–H and O–H groups in total. The van der Waals surface area contributed by atoms with Gasteiger partial charge in [0.25, 0.3) is 0 Å². The summed E-state index contributed by atoms with van der Waals surface area (Å²) in [5, 5.41) is -0.380. The molecule has 2 nitrogen and oxygen atoms in total. The van der Waals surface area contributed by atoms with Gasteiger partial charge in [-0.2, -0.15) is 0 Å². The van der Waals surface area contributed by atoms with Crippen molar-refractivity contribution in [2.75, 3.05) is 6.67 Å². The lowest BCUT2D eigenvalue weighted by atomic mass is 9.38. The van der Waals surface area contributed by atoms with Gasteiger partial charge in [0.05, 0.1) is 5.38 Å². The van der Waals surface area contributed by atoms with Gasteiger partial charge in [-0.05, 0) is 36.1 Å². The van der Waals surface area contributed by atoms with Gasteiger partial charge in [0.15, 0.2) is 0 Å². The minimum atomic E-state index is -0.460. The second-order valence-corrected chi connectivity index (χ2v) is 8.85. The number of aromatic amines is 1. The molecule has 0 radical (unpaired) electrons. The van der Waals surface area contributed by atoms with E-state index in [1.807, 2.05) is 49.4 Å².